The number of nitrogens with one attached hydrogen (secondary N) is 1. The molecule has 0 saturated heterocycles. The smallest absolute Gasteiger partial charge is 0.0682 e. The maximum absolute atomic E-state index is 4.52. The highest BCUT2D eigenvalue weighted by Gasteiger charge is 2.07. The van der Waals surface area contributed by atoms with E-state index in [9.17, 15) is 0 Å². The van der Waals surface area contributed by atoms with E-state index in [0.29, 0.717) is 0 Å². The number of hydrogen-bond donors (Lipinski definition) is 1. The minimum atomic E-state index is 0.971. The molecule has 0 spiro atoms. The average molecular weight is 336 g/mol. The van der Waals surface area contributed by atoms with Gasteiger partial charge < -0.3 is 9.03 Å². The van der Waals surface area contributed by atoms with Crippen LogP contribution in [0.2, 0.25) is 0 Å². The van der Waals surface area contributed by atoms with Crippen molar-refractivity contribution in [3.05, 3.63) is 72.3 Å². The lowest BCUT2D eigenvalue weighted by atomic mass is 10.1. The highest BCUT2D eigenvalue weighted by Crippen LogP contribution is 2.27. The molecule has 0 aliphatic heterocycles. The fourth-order valence-electron chi connectivity index (χ4n) is 2.33. The van der Waals surface area contributed by atoms with Crippen LogP contribution in [0.15, 0.2) is 60.9 Å². The van der Waals surface area contributed by atoms with E-state index in [1.54, 1.807) is 0 Å². The average Bonchev–Trinajstić information content (AvgIpc) is 2.61. The fourth-order valence-corrected chi connectivity index (χ4v) is 3.00. The van der Waals surface area contributed by atoms with E-state index in [1.807, 2.05) is 57.6 Å². The Labute approximate surface area is 147 Å². The van der Waals surface area contributed by atoms with Crippen LogP contribution in [0.4, 0.5) is 11.4 Å². The standard InChI is InChI=1S/C19H20N4S/c1-14-11-16(9-10-20-14)17-12-19(15(2)21-13-17)22-24-23(3)18-7-5-4-6-8-18/h4-13,22H,1-3H3. The SMILES string of the molecule is Cc1cc(-c2cnc(C)c(NSN(C)c3ccccc3)c2)ccn1. The molecule has 0 atom stereocenters. The summed E-state index contributed by atoms with van der Waals surface area (Å²) in [5.41, 5.74) is 6.33. The number of aryl methyl sites for hydroxylation is 2. The summed E-state index contributed by atoms with van der Waals surface area (Å²) in [7, 11) is 2.03. The van der Waals surface area contributed by atoms with Crippen molar-refractivity contribution in [1.29, 1.82) is 0 Å². The molecule has 0 amide bonds. The second-order valence-corrected chi connectivity index (χ2v) is 6.50. The van der Waals surface area contributed by atoms with Crippen molar-refractivity contribution in [2.24, 2.45) is 0 Å². The van der Waals surface area contributed by atoms with Crippen molar-refractivity contribution in [2.75, 3.05) is 16.1 Å². The first-order valence-electron chi connectivity index (χ1n) is 7.75. The van der Waals surface area contributed by atoms with Crippen LogP contribution in [0.3, 0.4) is 0 Å². The van der Waals surface area contributed by atoms with Crippen LogP contribution in [0.5, 0.6) is 0 Å². The van der Waals surface area contributed by atoms with Crippen LogP contribution < -0.4 is 9.03 Å². The second-order valence-electron chi connectivity index (χ2n) is 5.57. The summed E-state index contributed by atoms with van der Waals surface area (Å²) >= 11 is 1.53. The minimum absolute atomic E-state index is 0.971. The summed E-state index contributed by atoms with van der Waals surface area (Å²) < 4.78 is 5.49. The lowest BCUT2D eigenvalue weighted by Gasteiger charge is -2.19. The molecule has 2 heterocycles. The Morgan fingerprint density at radius 1 is 0.958 bits per heavy atom. The van der Waals surface area contributed by atoms with Crippen molar-refractivity contribution < 1.29 is 0 Å². The van der Waals surface area contributed by atoms with E-state index in [0.717, 1.165) is 33.9 Å². The Bertz CT molecular complexity index is 821. The quantitative estimate of drug-likeness (QED) is 0.673. The Hall–Kier alpha value is -2.53. The predicted octanol–water partition coefficient (Wildman–Crippen LogP) is 4.87. The fraction of sp³-hybridized carbons (Fsp3) is 0.158. The van der Waals surface area contributed by atoms with Gasteiger partial charge in [0.05, 0.1) is 23.5 Å². The molecule has 0 bridgehead atoms. The molecule has 0 saturated carbocycles. The maximum atomic E-state index is 4.52. The molecule has 122 valence electrons. The maximum Gasteiger partial charge on any atom is 0.0682 e. The number of pyridine rings is 2. The molecule has 0 aliphatic carbocycles. The van der Waals surface area contributed by atoms with Gasteiger partial charge in [0.25, 0.3) is 0 Å². The molecule has 3 aromatic rings. The van der Waals surface area contributed by atoms with Gasteiger partial charge in [-0.1, -0.05) is 18.2 Å². The normalized spacial score (nSPS) is 10.5. The number of hydrogen-bond acceptors (Lipinski definition) is 5. The van der Waals surface area contributed by atoms with E-state index in [1.165, 1.54) is 12.1 Å². The van der Waals surface area contributed by atoms with Gasteiger partial charge in [-0.25, -0.2) is 0 Å². The lowest BCUT2D eigenvalue weighted by molar-refractivity contribution is 1.19. The molecule has 0 unspecified atom stereocenters. The van der Waals surface area contributed by atoms with E-state index < -0.39 is 0 Å². The summed E-state index contributed by atoms with van der Waals surface area (Å²) in [6, 6.07) is 16.4. The molecule has 24 heavy (non-hydrogen) atoms. The molecule has 4 nitrogen and oxygen atoms in total. The topological polar surface area (TPSA) is 41.1 Å². The third kappa shape index (κ3) is 3.86. The molecule has 1 aromatic carbocycles. The zero-order valence-corrected chi connectivity index (χ0v) is 14.8. The first-order chi connectivity index (χ1) is 11.6. The third-order valence-electron chi connectivity index (χ3n) is 3.73. The predicted molar refractivity (Wildman–Crippen MR) is 103 cm³/mol. The van der Waals surface area contributed by atoms with Crippen molar-refractivity contribution in [3.8, 4) is 11.1 Å². The monoisotopic (exact) mass is 336 g/mol. The molecule has 5 heteroatoms. The second kappa shape index (κ2) is 7.36. The Balaban J connectivity index is 1.77. The Morgan fingerprint density at radius 2 is 1.75 bits per heavy atom. The highest BCUT2D eigenvalue weighted by atomic mass is 32.2. The number of para-hydroxylation sites is 1. The van der Waals surface area contributed by atoms with Gasteiger partial charge in [0.2, 0.25) is 0 Å². The van der Waals surface area contributed by atoms with Crippen LogP contribution in [-0.4, -0.2) is 17.0 Å². The number of aromatic nitrogens is 2. The molecular formula is C19H20N4S. The van der Waals surface area contributed by atoms with Crippen molar-refractivity contribution in [3.63, 3.8) is 0 Å². The first kappa shape index (κ1) is 16.3. The molecule has 0 fully saturated rings. The number of nitrogens with zero attached hydrogens (tertiary/aromatic N) is 3. The molecule has 1 N–H and O–H groups in total. The Kier molecular flexibility index (Phi) is 5.01. The molecule has 0 aliphatic rings. The van der Waals surface area contributed by atoms with Gasteiger partial charge in [-0.05, 0) is 49.7 Å². The van der Waals surface area contributed by atoms with Gasteiger partial charge in [0, 0.05) is 36.4 Å². The summed E-state index contributed by atoms with van der Waals surface area (Å²) in [6.07, 6.45) is 3.73. The summed E-state index contributed by atoms with van der Waals surface area (Å²) in [5, 5.41) is 0. The summed E-state index contributed by atoms with van der Waals surface area (Å²) in [6.45, 7) is 4.00. The van der Waals surface area contributed by atoms with Gasteiger partial charge >= 0.3 is 0 Å². The number of anilines is 2. The molecule has 0 radical (unpaired) electrons. The van der Waals surface area contributed by atoms with E-state index in [4.69, 9.17) is 0 Å². The zero-order chi connectivity index (χ0) is 16.9. The van der Waals surface area contributed by atoms with E-state index in [2.05, 4.69) is 43.3 Å². The van der Waals surface area contributed by atoms with Gasteiger partial charge in [-0.3, -0.25) is 9.97 Å². The molecule has 2 aromatic heterocycles. The third-order valence-corrected chi connectivity index (χ3v) is 4.53. The highest BCUT2D eigenvalue weighted by molar-refractivity contribution is 8.01. The lowest BCUT2D eigenvalue weighted by Crippen LogP contribution is -2.10. The van der Waals surface area contributed by atoms with Crippen LogP contribution >= 0.6 is 12.1 Å². The number of benzene rings is 1. The van der Waals surface area contributed by atoms with Crippen LogP contribution in [0.1, 0.15) is 11.4 Å². The van der Waals surface area contributed by atoms with Crippen LogP contribution in [0, 0.1) is 13.8 Å². The van der Waals surface area contributed by atoms with Gasteiger partial charge in [-0.2, -0.15) is 0 Å². The molecular weight excluding hydrogens is 316 g/mol. The van der Waals surface area contributed by atoms with E-state index >= 15 is 0 Å². The summed E-state index contributed by atoms with van der Waals surface area (Å²) in [5.74, 6) is 0. The van der Waals surface area contributed by atoms with Crippen molar-refractivity contribution in [2.45, 2.75) is 13.8 Å². The van der Waals surface area contributed by atoms with Crippen molar-refractivity contribution in [1.82, 2.24) is 9.97 Å². The van der Waals surface area contributed by atoms with E-state index in [-0.39, 0.29) is 0 Å². The zero-order valence-electron chi connectivity index (χ0n) is 14.0. The van der Waals surface area contributed by atoms with Gasteiger partial charge in [-0.15, -0.1) is 0 Å². The Morgan fingerprint density at radius 3 is 2.50 bits per heavy atom. The van der Waals surface area contributed by atoms with Crippen LogP contribution in [0.25, 0.3) is 11.1 Å². The minimum Gasteiger partial charge on any atom is -0.310 e. The van der Waals surface area contributed by atoms with Gasteiger partial charge in [0.15, 0.2) is 0 Å². The molecule has 3 rings (SSSR count). The number of rotatable bonds is 5. The van der Waals surface area contributed by atoms with Crippen molar-refractivity contribution >= 4 is 23.5 Å². The first-order valence-corrected chi connectivity index (χ1v) is 8.52. The largest absolute Gasteiger partial charge is 0.310 e. The van der Waals surface area contributed by atoms with Crippen LogP contribution in [-0.2, 0) is 0 Å². The van der Waals surface area contributed by atoms with Gasteiger partial charge in [0.1, 0.15) is 0 Å². The summed E-state index contributed by atoms with van der Waals surface area (Å²) in [4.78, 5) is 8.77.